The first kappa shape index (κ1) is 14.2. The van der Waals surface area contributed by atoms with E-state index in [9.17, 15) is 9.59 Å². The van der Waals surface area contributed by atoms with Crippen molar-refractivity contribution in [3.63, 3.8) is 0 Å². The minimum Gasteiger partial charge on any atom is -0.341 e. The second kappa shape index (κ2) is 6.80. The Morgan fingerprint density at radius 1 is 1.21 bits per heavy atom. The molecule has 2 saturated heterocycles. The van der Waals surface area contributed by atoms with Gasteiger partial charge in [0.15, 0.2) is 0 Å². The molecule has 0 radical (unpaired) electrons. The van der Waals surface area contributed by atoms with Gasteiger partial charge in [0.05, 0.1) is 5.88 Å². The molecule has 1 atom stereocenters. The Hall–Kier alpha value is -1.23. The van der Waals surface area contributed by atoms with Gasteiger partial charge in [-0.15, -0.1) is 11.8 Å². The molecule has 2 fully saturated rings. The van der Waals surface area contributed by atoms with Crippen LogP contribution in [0.4, 0.5) is 0 Å². The van der Waals surface area contributed by atoms with Gasteiger partial charge in [0.2, 0.25) is 11.8 Å². The van der Waals surface area contributed by atoms with Crippen LogP contribution in [-0.4, -0.2) is 52.4 Å². The fourth-order valence-electron chi connectivity index (χ4n) is 2.36. The standard InChI is InChI=1S/C14H20N2O2S/c1-2-3-4-7-13(17)16-11-19-10-12(16)14(18)15-8-5-6-9-15/h2-4,7,12H,5-6,8-11H2,1H3. The highest BCUT2D eigenvalue weighted by Crippen LogP contribution is 2.24. The summed E-state index contributed by atoms with van der Waals surface area (Å²) in [6, 6.07) is -0.272. The number of rotatable bonds is 3. The highest BCUT2D eigenvalue weighted by Gasteiger charge is 2.36. The summed E-state index contributed by atoms with van der Waals surface area (Å²) in [4.78, 5) is 28.0. The van der Waals surface area contributed by atoms with Crippen LogP contribution in [0.3, 0.4) is 0 Å². The SMILES string of the molecule is CC=CC=CC(=O)N1CSCC1C(=O)N1CCCC1. The molecule has 0 bridgehead atoms. The maximum absolute atomic E-state index is 12.4. The zero-order chi connectivity index (χ0) is 13.7. The molecule has 2 heterocycles. The summed E-state index contributed by atoms with van der Waals surface area (Å²) in [5, 5.41) is 0. The van der Waals surface area contributed by atoms with Crippen molar-refractivity contribution in [1.82, 2.24) is 9.80 Å². The van der Waals surface area contributed by atoms with Crippen molar-refractivity contribution in [2.24, 2.45) is 0 Å². The number of thioether (sulfide) groups is 1. The lowest BCUT2D eigenvalue weighted by atomic mass is 10.2. The van der Waals surface area contributed by atoms with Gasteiger partial charge in [0, 0.05) is 24.9 Å². The number of hydrogen-bond acceptors (Lipinski definition) is 3. The Bertz CT molecular complexity index is 400. The third kappa shape index (κ3) is 3.41. The van der Waals surface area contributed by atoms with E-state index in [1.807, 2.05) is 24.0 Å². The zero-order valence-electron chi connectivity index (χ0n) is 11.2. The predicted octanol–water partition coefficient (Wildman–Crippen LogP) is 1.64. The fraction of sp³-hybridized carbons (Fsp3) is 0.571. The molecule has 0 aromatic rings. The average molecular weight is 280 g/mol. The lowest BCUT2D eigenvalue weighted by molar-refractivity contribution is -0.140. The quantitative estimate of drug-likeness (QED) is 0.583. The molecule has 19 heavy (non-hydrogen) atoms. The van der Waals surface area contributed by atoms with Crippen LogP contribution in [-0.2, 0) is 9.59 Å². The first-order valence-electron chi connectivity index (χ1n) is 6.70. The maximum atomic E-state index is 12.4. The Balaban J connectivity index is 1.99. The molecule has 0 aromatic carbocycles. The third-order valence-corrected chi connectivity index (χ3v) is 4.42. The summed E-state index contributed by atoms with van der Waals surface area (Å²) in [5.41, 5.74) is 0. The zero-order valence-corrected chi connectivity index (χ0v) is 12.1. The monoisotopic (exact) mass is 280 g/mol. The average Bonchev–Trinajstić information content (AvgIpc) is 3.09. The molecule has 2 aliphatic rings. The van der Waals surface area contributed by atoms with E-state index in [1.165, 1.54) is 6.08 Å². The molecular weight excluding hydrogens is 260 g/mol. The van der Waals surface area contributed by atoms with E-state index in [0.29, 0.717) is 5.88 Å². The Morgan fingerprint density at radius 2 is 1.95 bits per heavy atom. The molecule has 2 amide bonds. The smallest absolute Gasteiger partial charge is 0.247 e. The summed E-state index contributed by atoms with van der Waals surface area (Å²) in [6.07, 6.45) is 9.12. The summed E-state index contributed by atoms with van der Waals surface area (Å²) >= 11 is 1.65. The second-order valence-electron chi connectivity index (χ2n) is 4.74. The number of amides is 2. The van der Waals surface area contributed by atoms with E-state index in [1.54, 1.807) is 22.7 Å². The minimum absolute atomic E-state index is 0.0688. The van der Waals surface area contributed by atoms with Crippen LogP contribution >= 0.6 is 11.8 Å². The van der Waals surface area contributed by atoms with E-state index in [-0.39, 0.29) is 17.9 Å². The molecule has 2 rings (SSSR count). The highest BCUT2D eigenvalue weighted by atomic mass is 32.2. The van der Waals surface area contributed by atoms with Crippen LogP contribution in [0, 0.1) is 0 Å². The van der Waals surface area contributed by atoms with Crippen LogP contribution in [0.15, 0.2) is 24.3 Å². The molecule has 0 N–H and O–H groups in total. The molecule has 104 valence electrons. The second-order valence-corrected chi connectivity index (χ2v) is 5.74. The number of carbonyl (C=O) groups is 2. The van der Waals surface area contributed by atoms with Gasteiger partial charge in [-0.05, 0) is 19.8 Å². The summed E-state index contributed by atoms with van der Waals surface area (Å²) in [7, 11) is 0. The predicted molar refractivity (Wildman–Crippen MR) is 77.7 cm³/mol. The van der Waals surface area contributed by atoms with E-state index in [4.69, 9.17) is 0 Å². The molecule has 1 unspecified atom stereocenters. The summed E-state index contributed by atoms with van der Waals surface area (Å²) in [6.45, 7) is 3.59. The molecule has 4 nitrogen and oxygen atoms in total. The summed E-state index contributed by atoms with van der Waals surface area (Å²) in [5.74, 6) is 1.39. The van der Waals surface area contributed by atoms with Gasteiger partial charge in [-0.3, -0.25) is 9.59 Å². The number of allylic oxidation sites excluding steroid dienone is 3. The van der Waals surface area contributed by atoms with Gasteiger partial charge in [0.25, 0.3) is 0 Å². The Kier molecular flexibility index (Phi) is 5.07. The van der Waals surface area contributed by atoms with Gasteiger partial charge in [-0.25, -0.2) is 0 Å². The molecule has 0 spiro atoms. The summed E-state index contributed by atoms with van der Waals surface area (Å²) < 4.78 is 0. The molecular formula is C14H20N2O2S. The number of hydrogen-bond donors (Lipinski definition) is 0. The number of likely N-dealkylation sites (tertiary alicyclic amines) is 1. The molecule has 0 aromatic heterocycles. The van der Waals surface area contributed by atoms with Crippen LogP contribution in [0.1, 0.15) is 19.8 Å². The van der Waals surface area contributed by atoms with Gasteiger partial charge in [-0.1, -0.05) is 18.2 Å². The lowest BCUT2D eigenvalue weighted by Gasteiger charge is -2.26. The topological polar surface area (TPSA) is 40.6 Å². The molecule has 0 aliphatic carbocycles. The largest absolute Gasteiger partial charge is 0.341 e. The maximum Gasteiger partial charge on any atom is 0.247 e. The van der Waals surface area contributed by atoms with E-state index in [0.717, 1.165) is 31.7 Å². The van der Waals surface area contributed by atoms with Crippen molar-refractivity contribution >= 4 is 23.6 Å². The van der Waals surface area contributed by atoms with Crippen LogP contribution in [0.25, 0.3) is 0 Å². The fourth-order valence-corrected chi connectivity index (χ4v) is 3.51. The molecule has 2 aliphatic heterocycles. The van der Waals surface area contributed by atoms with Crippen molar-refractivity contribution in [3.05, 3.63) is 24.3 Å². The van der Waals surface area contributed by atoms with E-state index >= 15 is 0 Å². The number of nitrogens with zero attached hydrogens (tertiary/aromatic N) is 2. The van der Waals surface area contributed by atoms with Crippen molar-refractivity contribution in [2.75, 3.05) is 24.7 Å². The van der Waals surface area contributed by atoms with Crippen LogP contribution < -0.4 is 0 Å². The number of carbonyl (C=O) groups excluding carboxylic acids is 2. The first-order valence-corrected chi connectivity index (χ1v) is 7.86. The third-order valence-electron chi connectivity index (χ3n) is 3.41. The Labute approximate surface area is 118 Å². The van der Waals surface area contributed by atoms with Crippen molar-refractivity contribution in [3.8, 4) is 0 Å². The first-order chi connectivity index (χ1) is 9.24. The van der Waals surface area contributed by atoms with E-state index < -0.39 is 0 Å². The lowest BCUT2D eigenvalue weighted by Crippen LogP contribution is -2.47. The highest BCUT2D eigenvalue weighted by molar-refractivity contribution is 7.99. The minimum atomic E-state index is -0.272. The van der Waals surface area contributed by atoms with Gasteiger partial charge < -0.3 is 9.80 Å². The van der Waals surface area contributed by atoms with Crippen molar-refractivity contribution < 1.29 is 9.59 Å². The van der Waals surface area contributed by atoms with Crippen LogP contribution in [0.2, 0.25) is 0 Å². The van der Waals surface area contributed by atoms with Crippen LogP contribution in [0.5, 0.6) is 0 Å². The van der Waals surface area contributed by atoms with Crippen molar-refractivity contribution in [2.45, 2.75) is 25.8 Å². The van der Waals surface area contributed by atoms with Gasteiger partial charge in [0.1, 0.15) is 6.04 Å². The van der Waals surface area contributed by atoms with E-state index in [2.05, 4.69) is 0 Å². The molecule has 0 saturated carbocycles. The van der Waals surface area contributed by atoms with Gasteiger partial charge in [-0.2, -0.15) is 0 Å². The van der Waals surface area contributed by atoms with Gasteiger partial charge >= 0.3 is 0 Å². The Morgan fingerprint density at radius 3 is 2.63 bits per heavy atom. The molecule has 5 heteroatoms. The normalized spacial score (nSPS) is 23.9. The van der Waals surface area contributed by atoms with Crippen molar-refractivity contribution in [1.29, 1.82) is 0 Å².